The number of nitrogens with zero attached hydrogens (tertiary/aromatic N) is 2. The number of carbonyl (C=O) groups excluding carboxylic acids is 1. The Morgan fingerprint density at radius 1 is 0.980 bits per heavy atom. The Morgan fingerprint density at radius 3 is 2.57 bits per heavy atom. The van der Waals surface area contributed by atoms with Crippen molar-refractivity contribution in [2.24, 2.45) is 23.7 Å². The van der Waals surface area contributed by atoms with Gasteiger partial charge in [0.1, 0.15) is 12.4 Å². The first-order chi connectivity index (χ1) is 23.6. The Morgan fingerprint density at radius 2 is 1.80 bits per heavy atom. The van der Waals surface area contributed by atoms with E-state index in [4.69, 9.17) is 25.8 Å². The van der Waals surface area contributed by atoms with E-state index in [0.29, 0.717) is 36.4 Å². The summed E-state index contributed by atoms with van der Waals surface area (Å²) in [5.74, 6) is 0.512. The molecule has 0 unspecified atom stereocenters. The van der Waals surface area contributed by atoms with Crippen LogP contribution in [-0.4, -0.2) is 83.1 Å². The third kappa shape index (κ3) is 8.82. The molecule has 1 saturated carbocycles. The molecule has 1 aliphatic carbocycles. The molecule has 1 amide bonds. The number of hydrogen-bond acceptors (Lipinski definition) is 8. The average Bonchev–Trinajstić information content (AvgIpc) is 3.11. The molecular formula is C38H52ClN3O6S. The smallest absolute Gasteiger partial charge is 0.264 e. The van der Waals surface area contributed by atoms with Gasteiger partial charge in [0.25, 0.3) is 5.91 Å². The number of amides is 1. The Kier molecular flexibility index (Phi) is 11.9. The van der Waals surface area contributed by atoms with E-state index in [9.17, 15) is 13.2 Å². The second kappa shape index (κ2) is 16.1. The summed E-state index contributed by atoms with van der Waals surface area (Å²) in [5.41, 5.74) is 3.39. The van der Waals surface area contributed by atoms with E-state index in [1.165, 1.54) is 5.56 Å². The maximum Gasteiger partial charge on any atom is 0.264 e. The van der Waals surface area contributed by atoms with Crippen LogP contribution in [0.3, 0.4) is 0 Å². The number of allylic oxidation sites excluding steroid dienone is 1. The van der Waals surface area contributed by atoms with Crippen LogP contribution in [0.15, 0.2) is 48.6 Å². The highest BCUT2D eigenvalue weighted by Gasteiger charge is 2.39. The van der Waals surface area contributed by atoms with Gasteiger partial charge in [0, 0.05) is 43.3 Å². The van der Waals surface area contributed by atoms with Crippen LogP contribution in [0, 0.1) is 23.7 Å². The van der Waals surface area contributed by atoms with Crippen molar-refractivity contribution in [1.82, 2.24) is 9.62 Å². The molecule has 2 aromatic rings. The van der Waals surface area contributed by atoms with E-state index < -0.39 is 21.2 Å². The summed E-state index contributed by atoms with van der Waals surface area (Å²) in [6, 6.07) is 11.2. The SMILES string of the molecule is C[C@@H]1[C@@H](C)S(=O)(=O)NC(=O)c2ccc3c(c2)N(CCCCc2cc(Cl)ccc2CO3)C[C@@H]2CC[C@H]2[C@@H](OCCN2CCOCC2)/C=C/[C@@H]1C. The molecule has 4 aliphatic rings. The number of halogens is 1. The first-order valence-electron chi connectivity index (χ1n) is 18.0. The van der Waals surface area contributed by atoms with Crippen LogP contribution in [0.5, 0.6) is 5.75 Å². The summed E-state index contributed by atoms with van der Waals surface area (Å²) in [6.45, 7) is 12.5. The van der Waals surface area contributed by atoms with Gasteiger partial charge in [-0.15, -0.1) is 0 Å². The van der Waals surface area contributed by atoms with E-state index in [-0.39, 0.29) is 17.9 Å². The number of rotatable bonds is 4. The minimum absolute atomic E-state index is 0.0357. The number of benzene rings is 2. The summed E-state index contributed by atoms with van der Waals surface area (Å²) < 4.78 is 48.2. The number of aryl methyl sites for hydroxylation is 1. The predicted octanol–water partition coefficient (Wildman–Crippen LogP) is 6.10. The number of anilines is 1. The number of fused-ring (bicyclic) bond motifs is 3. The van der Waals surface area contributed by atoms with E-state index in [2.05, 4.69) is 26.7 Å². The second-order valence-corrected chi connectivity index (χ2v) is 16.8. The van der Waals surface area contributed by atoms with Crippen LogP contribution in [0.2, 0.25) is 5.02 Å². The van der Waals surface area contributed by atoms with Gasteiger partial charge in [-0.25, -0.2) is 13.1 Å². The van der Waals surface area contributed by atoms with Crippen molar-refractivity contribution >= 4 is 33.2 Å². The fourth-order valence-corrected chi connectivity index (χ4v) is 9.10. The van der Waals surface area contributed by atoms with Crippen LogP contribution in [0.1, 0.15) is 67.9 Å². The molecule has 1 saturated heterocycles. The van der Waals surface area contributed by atoms with Crippen LogP contribution in [0.25, 0.3) is 0 Å². The zero-order valence-corrected chi connectivity index (χ0v) is 30.7. The van der Waals surface area contributed by atoms with Crippen LogP contribution < -0.4 is 14.4 Å². The molecule has 3 aliphatic heterocycles. The van der Waals surface area contributed by atoms with Crippen molar-refractivity contribution < 1.29 is 27.4 Å². The minimum atomic E-state index is -3.95. The van der Waals surface area contributed by atoms with Crippen molar-refractivity contribution in [3.8, 4) is 5.75 Å². The molecule has 2 fully saturated rings. The first kappa shape index (κ1) is 36.2. The normalized spacial score (nSPS) is 30.4. The Labute approximate surface area is 297 Å². The lowest BCUT2D eigenvalue weighted by Crippen LogP contribution is -2.45. The van der Waals surface area contributed by atoms with Crippen LogP contribution in [-0.2, 0) is 32.5 Å². The van der Waals surface area contributed by atoms with Gasteiger partial charge in [-0.05, 0) is 104 Å². The molecule has 2 bridgehead atoms. The molecule has 6 atom stereocenters. The van der Waals surface area contributed by atoms with Crippen molar-refractivity contribution in [3.05, 3.63) is 70.3 Å². The Hall–Kier alpha value is -2.63. The van der Waals surface area contributed by atoms with Crippen molar-refractivity contribution in [3.63, 3.8) is 0 Å². The molecule has 49 heavy (non-hydrogen) atoms. The summed E-state index contributed by atoms with van der Waals surface area (Å²) in [4.78, 5) is 18.3. The van der Waals surface area contributed by atoms with E-state index in [1.807, 2.05) is 44.2 Å². The highest BCUT2D eigenvalue weighted by atomic mass is 35.5. The van der Waals surface area contributed by atoms with Crippen LogP contribution in [0.4, 0.5) is 5.69 Å². The van der Waals surface area contributed by atoms with Crippen LogP contribution >= 0.6 is 11.6 Å². The minimum Gasteiger partial charge on any atom is -0.487 e. The fraction of sp³-hybridized carbons (Fsp3) is 0.605. The lowest BCUT2D eigenvalue weighted by molar-refractivity contribution is -0.0315. The molecule has 9 nitrogen and oxygen atoms in total. The number of sulfonamides is 1. The topological polar surface area (TPSA) is 97.4 Å². The maximum atomic E-state index is 13.6. The lowest BCUT2D eigenvalue weighted by atomic mass is 9.70. The number of nitrogens with one attached hydrogen (secondary N) is 1. The molecule has 3 heterocycles. The van der Waals surface area contributed by atoms with Gasteiger partial charge in [0.2, 0.25) is 10.0 Å². The summed E-state index contributed by atoms with van der Waals surface area (Å²) in [5, 5.41) is -0.0648. The van der Waals surface area contributed by atoms with Gasteiger partial charge in [-0.2, -0.15) is 0 Å². The van der Waals surface area contributed by atoms with Gasteiger partial charge in [-0.1, -0.05) is 43.7 Å². The standard InChI is InChI=1S/C38H52ClN3O6S/c1-26-7-13-36(47-21-18-41-16-19-46-20-17-41)34-12-9-31(34)24-42-15-5-4-6-29-22-33(39)11-8-32(29)25-48-37-14-10-30(23-35(37)42)38(43)40-49(44,45)28(3)27(26)2/h7-8,10-11,13-14,22-23,26-28,31,34,36H,4-6,9,12,15-21,24-25H2,1-3H3,(H,40,43)/b13-7+/t26-,27-,28+,31-,34+,36-/m0/s1. The van der Waals surface area contributed by atoms with E-state index >= 15 is 0 Å². The summed E-state index contributed by atoms with van der Waals surface area (Å²) in [6.07, 6.45) is 9.24. The van der Waals surface area contributed by atoms with E-state index in [1.54, 1.807) is 13.0 Å². The maximum absolute atomic E-state index is 13.6. The predicted molar refractivity (Wildman–Crippen MR) is 194 cm³/mol. The Bertz CT molecular complexity index is 1600. The molecule has 1 N–H and O–H groups in total. The molecular weight excluding hydrogens is 662 g/mol. The quantitative estimate of drug-likeness (QED) is 0.380. The number of ether oxygens (including phenoxy) is 3. The summed E-state index contributed by atoms with van der Waals surface area (Å²) in [7, 11) is -3.95. The van der Waals surface area contributed by atoms with Gasteiger partial charge < -0.3 is 19.1 Å². The van der Waals surface area contributed by atoms with Gasteiger partial charge >= 0.3 is 0 Å². The fourth-order valence-electron chi connectivity index (χ4n) is 7.53. The number of carbonyl (C=O) groups is 1. The summed E-state index contributed by atoms with van der Waals surface area (Å²) >= 11 is 6.37. The molecule has 0 aromatic heterocycles. The molecule has 2 aromatic carbocycles. The number of morpholine rings is 1. The van der Waals surface area contributed by atoms with Gasteiger partial charge in [0.05, 0.1) is 36.9 Å². The third-order valence-corrected chi connectivity index (χ3v) is 13.4. The van der Waals surface area contributed by atoms with Crippen molar-refractivity contribution in [1.29, 1.82) is 0 Å². The highest BCUT2D eigenvalue weighted by molar-refractivity contribution is 7.90. The number of hydrogen-bond donors (Lipinski definition) is 1. The van der Waals surface area contributed by atoms with Gasteiger partial charge in [-0.3, -0.25) is 9.69 Å². The van der Waals surface area contributed by atoms with Crippen molar-refractivity contribution in [2.75, 3.05) is 57.4 Å². The average molecular weight is 714 g/mol. The molecule has 11 heteroatoms. The molecule has 0 spiro atoms. The van der Waals surface area contributed by atoms with E-state index in [0.717, 1.165) is 94.3 Å². The molecule has 6 rings (SSSR count). The largest absolute Gasteiger partial charge is 0.487 e. The van der Waals surface area contributed by atoms with Crippen molar-refractivity contribution in [2.45, 2.75) is 70.8 Å². The lowest BCUT2D eigenvalue weighted by Gasteiger charge is -2.44. The first-order valence-corrected chi connectivity index (χ1v) is 20.0. The second-order valence-electron chi connectivity index (χ2n) is 14.4. The van der Waals surface area contributed by atoms with Gasteiger partial charge in [0.15, 0.2) is 0 Å². The zero-order chi connectivity index (χ0) is 34.5. The molecule has 268 valence electrons. The third-order valence-electron chi connectivity index (χ3n) is 11.3. The molecule has 0 radical (unpaired) electrons. The zero-order valence-electron chi connectivity index (χ0n) is 29.1. The monoisotopic (exact) mass is 713 g/mol. The Balaban J connectivity index is 1.33. The highest BCUT2D eigenvalue weighted by Crippen LogP contribution is 2.42.